The number of rotatable bonds is 2. The highest BCUT2D eigenvalue weighted by Crippen LogP contribution is 2.22. The molecule has 0 radical (unpaired) electrons. The van der Waals surface area contributed by atoms with Crippen molar-refractivity contribution in [2.24, 2.45) is 7.05 Å². The van der Waals surface area contributed by atoms with Crippen LogP contribution in [0.4, 0.5) is 0 Å². The summed E-state index contributed by atoms with van der Waals surface area (Å²) >= 11 is 0. The number of benzene rings is 1. The zero-order chi connectivity index (χ0) is 13.3. The van der Waals surface area contributed by atoms with Gasteiger partial charge in [-0.25, -0.2) is 0 Å². The molecular formula is C16H19NO. The van der Waals surface area contributed by atoms with Gasteiger partial charge in [0.25, 0.3) is 0 Å². The summed E-state index contributed by atoms with van der Waals surface area (Å²) in [6.45, 7) is 6.50. The number of carbonyl (C=O) groups is 1. The second-order valence-electron chi connectivity index (χ2n) is 5.72. The molecule has 0 bridgehead atoms. The first-order valence-electron chi connectivity index (χ1n) is 6.15. The third-order valence-electron chi connectivity index (χ3n) is 3.11. The number of nitrogens with zero attached hydrogens (tertiary/aromatic N) is 1. The van der Waals surface area contributed by atoms with Crippen LogP contribution in [0, 0.1) is 0 Å². The summed E-state index contributed by atoms with van der Waals surface area (Å²) in [5.41, 5.74) is 2.84. The van der Waals surface area contributed by atoms with Gasteiger partial charge in [-0.1, -0.05) is 45.0 Å². The molecule has 2 heteroatoms. The van der Waals surface area contributed by atoms with Crippen molar-refractivity contribution in [3.63, 3.8) is 0 Å². The molecule has 0 spiro atoms. The Morgan fingerprint density at radius 1 is 1.00 bits per heavy atom. The second kappa shape index (κ2) is 4.45. The quantitative estimate of drug-likeness (QED) is 0.737. The molecule has 0 N–H and O–H groups in total. The third kappa shape index (κ3) is 2.53. The van der Waals surface area contributed by atoms with Crippen molar-refractivity contribution in [3.05, 3.63) is 59.4 Å². The van der Waals surface area contributed by atoms with E-state index in [2.05, 4.69) is 20.8 Å². The second-order valence-corrected chi connectivity index (χ2v) is 5.72. The van der Waals surface area contributed by atoms with Gasteiger partial charge in [0.2, 0.25) is 0 Å². The van der Waals surface area contributed by atoms with Crippen LogP contribution in [-0.2, 0) is 12.5 Å². The first kappa shape index (κ1) is 12.6. The lowest BCUT2D eigenvalue weighted by molar-refractivity contribution is 0.103. The molecule has 1 heterocycles. The monoisotopic (exact) mass is 241 g/mol. The molecule has 0 saturated carbocycles. The normalized spacial score (nSPS) is 11.6. The van der Waals surface area contributed by atoms with Crippen LogP contribution in [0.3, 0.4) is 0 Å². The van der Waals surface area contributed by atoms with Crippen molar-refractivity contribution in [3.8, 4) is 0 Å². The maximum absolute atomic E-state index is 12.2. The van der Waals surface area contributed by atoms with Gasteiger partial charge in [-0.2, -0.15) is 0 Å². The van der Waals surface area contributed by atoms with Crippen LogP contribution in [0.25, 0.3) is 0 Å². The van der Waals surface area contributed by atoms with E-state index in [4.69, 9.17) is 0 Å². The van der Waals surface area contributed by atoms with Gasteiger partial charge in [0.1, 0.15) is 0 Å². The average molecular weight is 241 g/mol. The zero-order valence-electron chi connectivity index (χ0n) is 11.4. The van der Waals surface area contributed by atoms with Crippen LogP contribution in [0.15, 0.2) is 42.7 Å². The molecule has 0 aliphatic carbocycles. The molecule has 2 rings (SSSR count). The van der Waals surface area contributed by atoms with Crippen LogP contribution in [0.2, 0.25) is 0 Å². The number of aryl methyl sites for hydroxylation is 1. The largest absolute Gasteiger partial charge is 0.357 e. The number of carbonyl (C=O) groups excluding carboxylic acids is 1. The third-order valence-corrected chi connectivity index (χ3v) is 3.11. The van der Waals surface area contributed by atoms with Crippen molar-refractivity contribution in [1.82, 2.24) is 4.57 Å². The molecular weight excluding hydrogens is 222 g/mol. The summed E-state index contributed by atoms with van der Waals surface area (Å²) < 4.78 is 1.89. The lowest BCUT2D eigenvalue weighted by Gasteiger charge is -2.18. The maximum Gasteiger partial charge on any atom is 0.194 e. The Balaban J connectivity index is 2.28. The van der Waals surface area contributed by atoms with Gasteiger partial charge < -0.3 is 4.57 Å². The average Bonchev–Trinajstić information content (AvgIpc) is 2.74. The van der Waals surface area contributed by atoms with E-state index in [0.29, 0.717) is 0 Å². The van der Waals surface area contributed by atoms with E-state index in [0.717, 1.165) is 11.1 Å². The number of aromatic nitrogens is 1. The van der Waals surface area contributed by atoms with E-state index in [1.807, 2.05) is 54.3 Å². The molecule has 0 saturated heterocycles. The van der Waals surface area contributed by atoms with Gasteiger partial charge in [-0.3, -0.25) is 4.79 Å². The predicted octanol–water partition coefficient (Wildman–Crippen LogP) is 3.55. The van der Waals surface area contributed by atoms with Gasteiger partial charge in [0.05, 0.1) is 0 Å². The molecule has 0 amide bonds. The molecule has 18 heavy (non-hydrogen) atoms. The van der Waals surface area contributed by atoms with Gasteiger partial charge in [0, 0.05) is 30.6 Å². The van der Waals surface area contributed by atoms with Crippen LogP contribution in [0.5, 0.6) is 0 Å². The molecule has 0 atom stereocenters. The standard InChI is InChI=1S/C16H19NO/c1-16(2,3)14-7-5-12(6-8-14)15(18)13-9-10-17(4)11-13/h5-11H,1-4H3. The van der Waals surface area contributed by atoms with E-state index in [1.165, 1.54) is 5.56 Å². The molecule has 94 valence electrons. The Morgan fingerprint density at radius 2 is 1.61 bits per heavy atom. The summed E-state index contributed by atoms with van der Waals surface area (Å²) in [6.07, 6.45) is 3.73. The van der Waals surface area contributed by atoms with Crippen molar-refractivity contribution < 1.29 is 4.79 Å². The van der Waals surface area contributed by atoms with Crippen LogP contribution in [0.1, 0.15) is 42.3 Å². The van der Waals surface area contributed by atoms with Crippen LogP contribution >= 0.6 is 0 Å². The molecule has 0 aliphatic rings. The summed E-state index contributed by atoms with van der Waals surface area (Å²) in [5.74, 6) is 0.0797. The Bertz CT molecular complexity index is 556. The molecule has 1 aromatic carbocycles. The first-order valence-corrected chi connectivity index (χ1v) is 6.15. The Kier molecular flexibility index (Phi) is 3.12. The van der Waals surface area contributed by atoms with Crippen molar-refractivity contribution in [2.45, 2.75) is 26.2 Å². The molecule has 2 aromatic rings. The highest BCUT2D eigenvalue weighted by Gasteiger charge is 2.15. The fraction of sp³-hybridized carbons (Fsp3) is 0.312. The Labute approximate surface area is 108 Å². The minimum absolute atomic E-state index is 0.0797. The molecule has 0 fully saturated rings. The Hall–Kier alpha value is -1.83. The summed E-state index contributed by atoms with van der Waals surface area (Å²) in [7, 11) is 1.92. The fourth-order valence-electron chi connectivity index (χ4n) is 1.93. The van der Waals surface area contributed by atoms with E-state index < -0.39 is 0 Å². The van der Waals surface area contributed by atoms with Crippen LogP contribution in [-0.4, -0.2) is 10.4 Å². The van der Waals surface area contributed by atoms with E-state index >= 15 is 0 Å². The van der Waals surface area contributed by atoms with E-state index in [1.54, 1.807) is 0 Å². The van der Waals surface area contributed by atoms with Gasteiger partial charge >= 0.3 is 0 Å². The van der Waals surface area contributed by atoms with E-state index in [9.17, 15) is 4.79 Å². The predicted molar refractivity (Wildman–Crippen MR) is 74.0 cm³/mol. The molecule has 2 nitrogen and oxygen atoms in total. The highest BCUT2D eigenvalue weighted by molar-refractivity contribution is 6.08. The minimum Gasteiger partial charge on any atom is -0.357 e. The number of hydrogen-bond donors (Lipinski definition) is 0. The van der Waals surface area contributed by atoms with Crippen molar-refractivity contribution >= 4 is 5.78 Å². The summed E-state index contributed by atoms with van der Waals surface area (Å²) in [6, 6.07) is 9.75. The lowest BCUT2D eigenvalue weighted by atomic mass is 9.86. The summed E-state index contributed by atoms with van der Waals surface area (Å²) in [4.78, 5) is 12.2. The van der Waals surface area contributed by atoms with Gasteiger partial charge in [-0.15, -0.1) is 0 Å². The topological polar surface area (TPSA) is 22.0 Å². The molecule has 0 unspecified atom stereocenters. The van der Waals surface area contributed by atoms with Crippen molar-refractivity contribution in [1.29, 1.82) is 0 Å². The summed E-state index contributed by atoms with van der Waals surface area (Å²) in [5, 5.41) is 0. The maximum atomic E-state index is 12.2. The first-order chi connectivity index (χ1) is 8.38. The SMILES string of the molecule is Cn1ccc(C(=O)c2ccc(C(C)(C)C)cc2)c1. The number of ketones is 1. The van der Waals surface area contributed by atoms with Crippen molar-refractivity contribution in [2.75, 3.05) is 0 Å². The fourth-order valence-corrected chi connectivity index (χ4v) is 1.93. The van der Waals surface area contributed by atoms with Crippen LogP contribution < -0.4 is 0 Å². The minimum atomic E-state index is 0.0797. The van der Waals surface area contributed by atoms with E-state index in [-0.39, 0.29) is 11.2 Å². The highest BCUT2D eigenvalue weighted by atomic mass is 16.1. The Morgan fingerprint density at radius 3 is 2.06 bits per heavy atom. The lowest BCUT2D eigenvalue weighted by Crippen LogP contribution is -2.11. The smallest absolute Gasteiger partial charge is 0.194 e. The van der Waals surface area contributed by atoms with Gasteiger partial charge in [0.15, 0.2) is 5.78 Å². The zero-order valence-corrected chi connectivity index (χ0v) is 11.4. The molecule has 0 aliphatic heterocycles. The molecule has 1 aromatic heterocycles. The van der Waals surface area contributed by atoms with Gasteiger partial charge in [-0.05, 0) is 17.0 Å². The number of hydrogen-bond acceptors (Lipinski definition) is 1.